The van der Waals surface area contributed by atoms with Crippen LogP contribution in [0, 0.1) is 0 Å². The van der Waals surface area contributed by atoms with Gasteiger partial charge >= 0.3 is 0 Å². The first-order chi connectivity index (χ1) is 6.31. The third kappa shape index (κ3) is 3.87. The Labute approximate surface area is 97.9 Å². The fourth-order valence-corrected chi connectivity index (χ4v) is 6.56. The molecule has 0 aromatic heterocycles. The maximum atomic E-state index is 11.6. The molecule has 7 heteroatoms. The normalized spacial score (nSPS) is 13.9. The quantitative estimate of drug-likeness (QED) is 0.852. The van der Waals surface area contributed by atoms with Gasteiger partial charge in [-0.3, -0.25) is 0 Å². The first-order valence-electron chi connectivity index (χ1n) is 3.49. The van der Waals surface area contributed by atoms with E-state index in [2.05, 4.69) is 0 Å². The fourth-order valence-electron chi connectivity index (χ4n) is 0.872. The molecule has 14 heavy (non-hydrogen) atoms. The van der Waals surface area contributed by atoms with E-state index in [0.29, 0.717) is 0 Å². The number of rotatable bonds is 3. The highest BCUT2D eigenvalue weighted by molar-refractivity contribution is 8.80. The zero-order valence-corrected chi connectivity index (χ0v) is 10.8. The minimum atomic E-state index is -3.48. The number of benzene rings is 1. The molecule has 80 valence electrons. The molecule has 0 saturated heterocycles. The van der Waals surface area contributed by atoms with Gasteiger partial charge in [-0.2, -0.15) is 0 Å². The molecule has 0 unspecified atom stereocenters. The van der Waals surface area contributed by atoms with E-state index in [9.17, 15) is 8.42 Å². The van der Waals surface area contributed by atoms with Gasteiger partial charge in [-0.1, -0.05) is 18.2 Å². The molecule has 0 fully saturated rings. The van der Waals surface area contributed by atoms with Crippen LogP contribution < -0.4 is 0 Å². The van der Waals surface area contributed by atoms with Crippen molar-refractivity contribution in [1.82, 2.24) is 0 Å². The van der Waals surface area contributed by atoms with Gasteiger partial charge in [0.25, 0.3) is 0 Å². The highest BCUT2D eigenvalue weighted by Gasteiger charge is 2.25. The average Bonchev–Trinajstić information content (AvgIpc) is 2.01. The second kappa shape index (κ2) is 4.49. The van der Waals surface area contributed by atoms with Gasteiger partial charge < -0.3 is 0 Å². The highest BCUT2D eigenvalue weighted by Crippen LogP contribution is 2.64. The smallest absolute Gasteiger partial charge is 0.189 e. The van der Waals surface area contributed by atoms with Crippen LogP contribution in [-0.2, 0) is 9.84 Å². The van der Waals surface area contributed by atoms with Crippen molar-refractivity contribution in [2.45, 2.75) is 4.90 Å². The molecule has 0 spiro atoms. The van der Waals surface area contributed by atoms with Crippen LogP contribution in [-0.4, -0.2) is 13.5 Å². The van der Waals surface area contributed by atoms with Gasteiger partial charge in [0.15, 0.2) is 9.84 Å². The van der Waals surface area contributed by atoms with Gasteiger partial charge in [0.2, 0.25) is 0 Å². The van der Waals surface area contributed by atoms with E-state index in [0.717, 1.165) is 0 Å². The first-order valence-corrected chi connectivity index (χ1v) is 9.42. The number of hydrogen-bond acceptors (Lipinski definition) is 2. The molecule has 0 saturated carbocycles. The van der Waals surface area contributed by atoms with Crippen LogP contribution in [0.1, 0.15) is 0 Å². The van der Waals surface area contributed by atoms with E-state index < -0.39 is 22.6 Å². The molecule has 0 atom stereocenters. The number of sulfone groups is 1. The third-order valence-corrected chi connectivity index (χ3v) is 7.10. The summed E-state index contributed by atoms with van der Waals surface area (Å²) in [5.74, 6) is 0. The molecule has 0 amide bonds. The Morgan fingerprint density at radius 1 is 1.00 bits per heavy atom. The molecule has 0 heterocycles. The lowest BCUT2D eigenvalue weighted by atomic mass is 10.4. The summed E-state index contributed by atoms with van der Waals surface area (Å²) in [6, 6.07) is 7.93. The van der Waals surface area contributed by atoms with Crippen molar-refractivity contribution in [2.75, 3.05) is 5.08 Å². The van der Waals surface area contributed by atoms with Crippen LogP contribution in [0.15, 0.2) is 35.2 Å². The van der Waals surface area contributed by atoms with Gasteiger partial charge in [-0.15, -0.1) is 0 Å². The summed E-state index contributed by atoms with van der Waals surface area (Å²) < 4.78 is 23.2. The molecule has 0 bridgehead atoms. The summed E-state index contributed by atoms with van der Waals surface area (Å²) in [6.07, 6.45) is 0. The predicted molar refractivity (Wildman–Crippen MR) is 63.6 cm³/mol. The fraction of sp³-hybridized carbons (Fsp3) is 0.143. The van der Waals surface area contributed by atoms with Crippen molar-refractivity contribution in [3.63, 3.8) is 0 Å². The maximum absolute atomic E-state index is 11.6. The second-order valence-electron chi connectivity index (χ2n) is 2.55. The lowest BCUT2D eigenvalue weighted by Crippen LogP contribution is -2.06. The number of halogens is 3. The minimum absolute atomic E-state index is 0.179. The van der Waals surface area contributed by atoms with Crippen LogP contribution in [0.25, 0.3) is 0 Å². The molecular formula is C7H7Cl3O2S2. The maximum Gasteiger partial charge on any atom is 0.189 e. The van der Waals surface area contributed by atoms with Crippen molar-refractivity contribution in [2.24, 2.45) is 0 Å². The van der Waals surface area contributed by atoms with Crippen molar-refractivity contribution < 1.29 is 8.42 Å². The summed E-state index contributed by atoms with van der Waals surface area (Å²) in [5.41, 5.74) is 0. The Hall–Kier alpha value is 0.390. The van der Waals surface area contributed by atoms with Crippen LogP contribution in [0.2, 0.25) is 0 Å². The standard InChI is InChI=1S/C7H7Cl3O2S2/c8-14(9,10)6-13(11,12)7-4-2-1-3-5-7/h1-5H,6H2. The van der Waals surface area contributed by atoms with E-state index in [1.165, 1.54) is 12.1 Å². The lowest BCUT2D eigenvalue weighted by molar-refractivity contribution is 0.601. The van der Waals surface area contributed by atoms with Gasteiger partial charge in [0.1, 0.15) is 5.08 Å². The lowest BCUT2D eigenvalue weighted by Gasteiger charge is -2.14. The Morgan fingerprint density at radius 3 is 1.93 bits per heavy atom. The van der Waals surface area contributed by atoms with E-state index in [1.54, 1.807) is 18.2 Å². The Bertz CT molecular complexity index is 397. The van der Waals surface area contributed by atoms with Gasteiger partial charge in [-0.05, 0) is 44.2 Å². The number of hydrogen-bond donors (Lipinski definition) is 0. The zero-order valence-electron chi connectivity index (χ0n) is 6.86. The Kier molecular flexibility index (Phi) is 4.00. The monoisotopic (exact) mass is 292 g/mol. The molecule has 0 radical (unpaired) electrons. The van der Waals surface area contributed by atoms with E-state index in [4.69, 9.17) is 32.0 Å². The molecule has 1 aromatic rings. The van der Waals surface area contributed by atoms with Gasteiger partial charge in [0, 0.05) is 7.67 Å². The average molecular weight is 294 g/mol. The topological polar surface area (TPSA) is 34.1 Å². The highest BCUT2D eigenvalue weighted by atomic mass is 36.2. The van der Waals surface area contributed by atoms with Gasteiger partial charge in [0.05, 0.1) is 4.90 Å². The summed E-state index contributed by atoms with van der Waals surface area (Å²) >= 11 is 0. The zero-order chi connectivity index (χ0) is 10.8. The summed E-state index contributed by atoms with van der Waals surface area (Å²) in [4.78, 5) is 0.179. The van der Waals surface area contributed by atoms with Crippen LogP contribution in [0.4, 0.5) is 0 Å². The van der Waals surface area contributed by atoms with Crippen LogP contribution in [0.3, 0.4) is 0 Å². The van der Waals surface area contributed by atoms with Crippen molar-refractivity contribution in [3.05, 3.63) is 30.3 Å². The molecule has 1 rings (SSSR count). The predicted octanol–water partition coefficient (Wildman–Crippen LogP) is 3.68. The largest absolute Gasteiger partial charge is 0.223 e. The summed E-state index contributed by atoms with van der Waals surface area (Å²) in [7, 11) is 10.4. The summed E-state index contributed by atoms with van der Waals surface area (Å²) in [6.45, 7) is 0. The van der Waals surface area contributed by atoms with Crippen LogP contribution in [0.5, 0.6) is 0 Å². The molecule has 0 aliphatic heterocycles. The molecule has 0 aliphatic carbocycles. The first kappa shape index (κ1) is 12.5. The molecule has 0 aliphatic rings. The SMILES string of the molecule is O=S(=O)(CS(Cl)(Cl)Cl)c1ccccc1. The van der Waals surface area contributed by atoms with E-state index in [-0.39, 0.29) is 4.90 Å². The Balaban J connectivity index is 2.99. The van der Waals surface area contributed by atoms with E-state index >= 15 is 0 Å². The Morgan fingerprint density at radius 2 is 1.50 bits per heavy atom. The minimum Gasteiger partial charge on any atom is -0.223 e. The second-order valence-corrected chi connectivity index (χ2v) is 12.4. The van der Waals surface area contributed by atoms with Crippen LogP contribution >= 0.6 is 39.7 Å². The van der Waals surface area contributed by atoms with E-state index in [1.807, 2.05) is 0 Å². The van der Waals surface area contributed by atoms with Crippen molar-refractivity contribution >= 4 is 49.6 Å². The molecule has 2 nitrogen and oxygen atoms in total. The summed E-state index contributed by atoms with van der Waals surface area (Å²) in [5, 5.41) is -0.436. The molecule has 1 aromatic carbocycles. The van der Waals surface area contributed by atoms with Gasteiger partial charge in [-0.25, -0.2) is 8.42 Å². The molecular weight excluding hydrogens is 287 g/mol. The molecule has 0 N–H and O–H groups in total. The van der Waals surface area contributed by atoms with Crippen molar-refractivity contribution in [3.8, 4) is 0 Å². The van der Waals surface area contributed by atoms with Crippen molar-refractivity contribution in [1.29, 1.82) is 0 Å². The third-order valence-electron chi connectivity index (χ3n) is 1.39.